The lowest BCUT2D eigenvalue weighted by molar-refractivity contribution is -0.0512. The summed E-state index contributed by atoms with van der Waals surface area (Å²) in [4.78, 5) is 4.20. The Labute approximate surface area is 177 Å². The maximum atomic E-state index is 12.6. The number of aryl methyl sites for hydroxylation is 1. The van der Waals surface area contributed by atoms with Crippen LogP contribution in [-0.4, -0.2) is 28.5 Å². The first-order valence-electron chi connectivity index (χ1n) is 9.16. The number of alkyl halides is 2. The maximum absolute atomic E-state index is 12.6. The van der Waals surface area contributed by atoms with Crippen LogP contribution in [-0.2, 0) is 6.54 Å². The third-order valence-corrected chi connectivity index (χ3v) is 4.26. The van der Waals surface area contributed by atoms with Crippen molar-refractivity contribution in [1.82, 2.24) is 14.8 Å². The van der Waals surface area contributed by atoms with Crippen LogP contribution in [0.15, 0.2) is 48.8 Å². The molecule has 1 aromatic carbocycles. The Bertz CT molecular complexity index is 1160. The van der Waals surface area contributed by atoms with Crippen LogP contribution in [0.2, 0.25) is 0 Å². The van der Waals surface area contributed by atoms with Crippen molar-refractivity contribution in [3.05, 3.63) is 60.0 Å². The summed E-state index contributed by atoms with van der Waals surface area (Å²) in [6.07, 6.45) is 5.19. The Hall–Kier alpha value is -4.24. The molecular formula is C22H17F2N5O2. The summed E-state index contributed by atoms with van der Waals surface area (Å²) < 4.78 is 36.5. The summed E-state index contributed by atoms with van der Waals surface area (Å²) in [6.45, 7) is -2.63. The minimum absolute atomic E-state index is 0.103. The number of halogens is 2. The number of methoxy groups -OCH3 is 1. The monoisotopic (exact) mass is 421 g/mol. The third kappa shape index (κ3) is 5.22. The van der Waals surface area contributed by atoms with E-state index in [2.05, 4.69) is 27.0 Å². The van der Waals surface area contributed by atoms with Crippen LogP contribution in [0, 0.1) is 22.7 Å². The summed E-state index contributed by atoms with van der Waals surface area (Å²) in [6, 6.07) is 13.9. The highest BCUT2D eigenvalue weighted by Gasteiger charge is 2.16. The van der Waals surface area contributed by atoms with Gasteiger partial charge in [-0.25, -0.2) is 0 Å². The standard InChI is InChI=1S/C22H17F2N5O2/c1-30-20-12-15(6-7-19(20)31-22(23)24)21-17(14-29(28-21)10-4-8-25)11-16(13-26)18-5-2-3-9-27-18/h2-3,5-7,9,11-12,14,22H,4,10H2,1H3/b16-11-. The van der Waals surface area contributed by atoms with Crippen molar-refractivity contribution in [1.29, 1.82) is 10.5 Å². The molecule has 3 aromatic rings. The second-order valence-corrected chi connectivity index (χ2v) is 6.23. The molecule has 0 aliphatic heterocycles. The normalized spacial score (nSPS) is 11.1. The molecule has 0 radical (unpaired) electrons. The number of hydrogen-bond donors (Lipinski definition) is 0. The van der Waals surface area contributed by atoms with E-state index in [1.807, 2.05) is 0 Å². The topological polar surface area (TPSA) is 96.8 Å². The second-order valence-electron chi connectivity index (χ2n) is 6.23. The SMILES string of the molecule is COc1cc(-c2nn(CCC#N)cc2/C=C(/C#N)c2ccccn2)ccc1OC(F)F. The first-order valence-corrected chi connectivity index (χ1v) is 9.16. The maximum Gasteiger partial charge on any atom is 0.387 e. The van der Waals surface area contributed by atoms with Gasteiger partial charge in [-0.15, -0.1) is 0 Å². The van der Waals surface area contributed by atoms with Gasteiger partial charge in [-0.3, -0.25) is 9.67 Å². The van der Waals surface area contributed by atoms with Gasteiger partial charge in [0.2, 0.25) is 0 Å². The number of benzene rings is 1. The molecule has 0 saturated heterocycles. The molecule has 0 aliphatic rings. The molecule has 31 heavy (non-hydrogen) atoms. The second kappa shape index (κ2) is 9.99. The summed E-state index contributed by atoms with van der Waals surface area (Å²) in [5.41, 5.74) is 2.48. The van der Waals surface area contributed by atoms with Crippen LogP contribution in [0.4, 0.5) is 8.78 Å². The molecule has 0 atom stereocenters. The first-order chi connectivity index (χ1) is 15.0. The van der Waals surface area contributed by atoms with E-state index < -0.39 is 6.61 Å². The summed E-state index contributed by atoms with van der Waals surface area (Å²) >= 11 is 0. The molecular weight excluding hydrogens is 404 g/mol. The lowest BCUT2D eigenvalue weighted by Crippen LogP contribution is -2.03. The highest BCUT2D eigenvalue weighted by atomic mass is 19.3. The number of rotatable bonds is 8. The van der Waals surface area contributed by atoms with Crippen LogP contribution in [0.5, 0.6) is 11.5 Å². The molecule has 2 aromatic heterocycles. The van der Waals surface area contributed by atoms with Crippen LogP contribution in [0.3, 0.4) is 0 Å². The summed E-state index contributed by atoms with van der Waals surface area (Å²) in [7, 11) is 1.35. The molecule has 0 amide bonds. The molecule has 3 rings (SSSR count). The van der Waals surface area contributed by atoms with E-state index in [9.17, 15) is 14.0 Å². The molecule has 0 fully saturated rings. The van der Waals surface area contributed by atoms with Gasteiger partial charge in [0.15, 0.2) is 11.5 Å². The average Bonchev–Trinajstić information content (AvgIpc) is 3.19. The van der Waals surface area contributed by atoms with Crippen LogP contribution in [0.1, 0.15) is 17.7 Å². The minimum Gasteiger partial charge on any atom is -0.493 e. The van der Waals surface area contributed by atoms with Gasteiger partial charge in [-0.1, -0.05) is 6.07 Å². The van der Waals surface area contributed by atoms with E-state index in [1.54, 1.807) is 47.4 Å². The van der Waals surface area contributed by atoms with E-state index in [0.717, 1.165) is 0 Å². The van der Waals surface area contributed by atoms with Gasteiger partial charge in [0.05, 0.1) is 43.1 Å². The average molecular weight is 421 g/mol. The molecule has 0 N–H and O–H groups in total. The van der Waals surface area contributed by atoms with Crippen molar-refractivity contribution >= 4 is 11.6 Å². The van der Waals surface area contributed by atoms with Gasteiger partial charge in [0.25, 0.3) is 0 Å². The molecule has 0 spiro atoms. The van der Waals surface area contributed by atoms with Crippen molar-refractivity contribution in [2.24, 2.45) is 0 Å². The van der Waals surface area contributed by atoms with Gasteiger partial charge in [-0.05, 0) is 36.4 Å². The van der Waals surface area contributed by atoms with Crippen LogP contribution >= 0.6 is 0 Å². The molecule has 0 saturated carbocycles. The zero-order valence-corrected chi connectivity index (χ0v) is 16.5. The fourth-order valence-electron chi connectivity index (χ4n) is 2.90. The molecule has 0 bridgehead atoms. The minimum atomic E-state index is -2.99. The van der Waals surface area contributed by atoms with Gasteiger partial charge >= 0.3 is 6.61 Å². The van der Waals surface area contributed by atoms with Gasteiger partial charge < -0.3 is 9.47 Å². The van der Waals surface area contributed by atoms with Crippen molar-refractivity contribution < 1.29 is 18.3 Å². The van der Waals surface area contributed by atoms with E-state index in [-0.39, 0.29) is 17.9 Å². The Morgan fingerprint density at radius 2 is 2.06 bits per heavy atom. The highest BCUT2D eigenvalue weighted by molar-refractivity contribution is 5.91. The third-order valence-electron chi connectivity index (χ3n) is 4.26. The highest BCUT2D eigenvalue weighted by Crippen LogP contribution is 2.35. The van der Waals surface area contributed by atoms with Crippen LogP contribution < -0.4 is 9.47 Å². The Morgan fingerprint density at radius 1 is 1.23 bits per heavy atom. The van der Waals surface area contributed by atoms with Crippen molar-refractivity contribution in [3.63, 3.8) is 0 Å². The van der Waals surface area contributed by atoms with Gasteiger partial charge in [0, 0.05) is 23.5 Å². The first kappa shape index (κ1) is 21.5. The predicted octanol–water partition coefficient (Wildman–Crippen LogP) is 4.53. The lowest BCUT2D eigenvalue weighted by atomic mass is 10.0. The zero-order chi connectivity index (χ0) is 22.2. The van der Waals surface area contributed by atoms with Crippen molar-refractivity contribution in [3.8, 4) is 34.9 Å². The lowest BCUT2D eigenvalue weighted by Gasteiger charge is -2.11. The van der Waals surface area contributed by atoms with E-state index in [4.69, 9.17) is 10.00 Å². The summed E-state index contributed by atoms with van der Waals surface area (Å²) in [5.74, 6) is 0.0120. The molecule has 0 unspecified atom stereocenters. The fourth-order valence-corrected chi connectivity index (χ4v) is 2.90. The smallest absolute Gasteiger partial charge is 0.387 e. The molecule has 0 aliphatic carbocycles. The van der Waals surface area contributed by atoms with E-state index in [1.165, 1.54) is 19.2 Å². The Morgan fingerprint density at radius 3 is 2.71 bits per heavy atom. The van der Waals surface area contributed by atoms with Gasteiger partial charge in [-0.2, -0.15) is 24.4 Å². The molecule has 7 nitrogen and oxygen atoms in total. The number of aromatic nitrogens is 3. The number of nitrogens with zero attached hydrogens (tertiary/aromatic N) is 5. The quantitative estimate of drug-likeness (QED) is 0.496. The van der Waals surface area contributed by atoms with Crippen LogP contribution in [0.25, 0.3) is 22.9 Å². The number of nitriles is 2. The van der Waals surface area contributed by atoms with Gasteiger partial charge in [0.1, 0.15) is 6.07 Å². The zero-order valence-electron chi connectivity index (χ0n) is 16.5. The molecule has 9 heteroatoms. The van der Waals surface area contributed by atoms with E-state index in [0.29, 0.717) is 34.6 Å². The molecule has 156 valence electrons. The number of allylic oxidation sites excluding steroid dienone is 1. The fraction of sp³-hybridized carbons (Fsp3) is 0.182. The predicted molar refractivity (Wildman–Crippen MR) is 109 cm³/mol. The number of pyridine rings is 1. The number of ether oxygens (including phenoxy) is 2. The van der Waals surface area contributed by atoms with E-state index >= 15 is 0 Å². The Kier molecular flexibility index (Phi) is 6.92. The Balaban J connectivity index is 2.10. The van der Waals surface area contributed by atoms with Crippen molar-refractivity contribution in [2.75, 3.05) is 7.11 Å². The summed E-state index contributed by atoms with van der Waals surface area (Å²) in [5, 5.41) is 23.0. The van der Waals surface area contributed by atoms with Crippen molar-refractivity contribution in [2.45, 2.75) is 19.6 Å². The molecule has 2 heterocycles. The number of hydrogen-bond acceptors (Lipinski definition) is 6. The largest absolute Gasteiger partial charge is 0.493 e.